The van der Waals surface area contributed by atoms with Crippen molar-refractivity contribution in [1.82, 2.24) is 0 Å². The van der Waals surface area contributed by atoms with Crippen molar-refractivity contribution >= 4 is 18.2 Å². The van der Waals surface area contributed by atoms with Gasteiger partial charge in [0.2, 0.25) is 0 Å². The third kappa shape index (κ3) is 6.33. The van der Waals surface area contributed by atoms with Crippen LogP contribution in [0.4, 0.5) is 5.69 Å². The molecule has 0 heterocycles. The molecule has 22 heavy (non-hydrogen) atoms. The Labute approximate surface area is 132 Å². The lowest BCUT2D eigenvalue weighted by Gasteiger charge is -2.00. The molecule has 118 valence electrons. The van der Waals surface area contributed by atoms with E-state index in [1.807, 2.05) is 56.3 Å². The molecule has 0 fully saturated rings. The number of aldehydes is 1. The zero-order valence-corrected chi connectivity index (χ0v) is 13.6. The molecule has 0 saturated carbocycles. The highest BCUT2D eigenvalue weighted by molar-refractivity contribution is 5.87. The van der Waals surface area contributed by atoms with Crippen LogP contribution in [0.15, 0.2) is 53.5 Å². The van der Waals surface area contributed by atoms with E-state index in [2.05, 4.69) is 10.7 Å². The van der Waals surface area contributed by atoms with E-state index in [1.54, 1.807) is 19.4 Å². The largest absolute Gasteiger partial charge is 0.497 e. The van der Waals surface area contributed by atoms with Gasteiger partial charge in [-0.15, -0.1) is 0 Å². The first-order valence-electron chi connectivity index (χ1n) is 7.13. The summed E-state index contributed by atoms with van der Waals surface area (Å²) >= 11 is 0. The van der Waals surface area contributed by atoms with Crippen LogP contribution in [-0.4, -0.2) is 26.7 Å². The summed E-state index contributed by atoms with van der Waals surface area (Å²) < 4.78 is 5.08. The molecule has 0 unspecified atom stereocenters. The Morgan fingerprint density at radius 1 is 1.00 bits per heavy atom. The lowest BCUT2D eigenvalue weighted by Crippen LogP contribution is -1.85. The van der Waals surface area contributed by atoms with Gasteiger partial charge in [0, 0.05) is 11.8 Å². The molecule has 0 radical (unpaired) electrons. The van der Waals surface area contributed by atoms with Crippen LogP contribution in [0.3, 0.4) is 0 Å². The number of nitrogens with two attached hydrogens (primary N) is 1. The van der Waals surface area contributed by atoms with Crippen LogP contribution in [0.5, 0.6) is 5.75 Å². The van der Waals surface area contributed by atoms with Crippen molar-refractivity contribution in [2.45, 2.75) is 13.8 Å². The minimum absolute atomic E-state index is 0.585. The van der Waals surface area contributed by atoms with E-state index in [4.69, 9.17) is 4.74 Å². The van der Waals surface area contributed by atoms with Crippen LogP contribution < -0.4 is 10.5 Å². The number of ether oxygens (including phenoxy) is 1. The molecule has 0 spiro atoms. The molecule has 2 aromatic carbocycles. The lowest BCUT2D eigenvalue weighted by molar-refractivity contribution is 0.112. The number of carbonyl (C=O) groups excluding carboxylic acids is 1. The maximum atomic E-state index is 10.8. The minimum Gasteiger partial charge on any atom is -0.497 e. The molecule has 0 aliphatic carbocycles. The number of aliphatic imine (C=N–C) groups is 1. The number of rotatable bonds is 4. The third-order valence-corrected chi connectivity index (χ3v) is 2.53. The molecule has 0 aliphatic heterocycles. The molecular formula is C18H24N2O2. The standard InChI is InChI=1S/C15H13NO2.C2H6.CH5N/c1-18-14-8-6-12(7-9-14)10-16-15-5-3-2-4-13(15)11-17;2*1-2/h2-11H,1H3;1-2H3;2H2,1H3. The molecule has 0 aromatic heterocycles. The molecule has 4 nitrogen and oxygen atoms in total. The highest BCUT2D eigenvalue weighted by Gasteiger charge is 1.97. The Morgan fingerprint density at radius 3 is 2.14 bits per heavy atom. The predicted octanol–water partition coefficient (Wildman–Crippen LogP) is 3.86. The maximum Gasteiger partial charge on any atom is 0.152 e. The van der Waals surface area contributed by atoms with Crippen LogP contribution in [-0.2, 0) is 0 Å². The van der Waals surface area contributed by atoms with Gasteiger partial charge in [0.05, 0.1) is 12.8 Å². The normalized spacial score (nSPS) is 9.14. The molecule has 4 heteroatoms. The van der Waals surface area contributed by atoms with Crippen molar-refractivity contribution in [1.29, 1.82) is 0 Å². The van der Waals surface area contributed by atoms with E-state index in [1.165, 1.54) is 7.05 Å². The van der Waals surface area contributed by atoms with E-state index in [9.17, 15) is 4.79 Å². The van der Waals surface area contributed by atoms with Crippen molar-refractivity contribution in [3.63, 3.8) is 0 Å². The van der Waals surface area contributed by atoms with Crippen LogP contribution in [0.2, 0.25) is 0 Å². The first-order chi connectivity index (χ1) is 10.8. The highest BCUT2D eigenvalue weighted by atomic mass is 16.5. The second kappa shape index (κ2) is 12.3. The average molecular weight is 300 g/mol. The van der Waals surface area contributed by atoms with Crippen LogP contribution in [0.1, 0.15) is 29.8 Å². The molecule has 2 rings (SSSR count). The third-order valence-electron chi connectivity index (χ3n) is 2.53. The number of methoxy groups -OCH3 is 1. The van der Waals surface area contributed by atoms with E-state index in [-0.39, 0.29) is 0 Å². The second-order valence-electron chi connectivity index (χ2n) is 3.71. The summed E-state index contributed by atoms with van der Waals surface area (Å²) in [5.41, 5.74) is 6.71. The van der Waals surface area contributed by atoms with E-state index >= 15 is 0 Å². The van der Waals surface area contributed by atoms with Crippen LogP contribution >= 0.6 is 0 Å². The molecule has 0 saturated heterocycles. The predicted molar refractivity (Wildman–Crippen MR) is 93.5 cm³/mol. The lowest BCUT2D eigenvalue weighted by atomic mass is 10.2. The van der Waals surface area contributed by atoms with Crippen molar-refractivity contribution in [2.75, 3.05) is 14.2 Å². The number of hydrogen-bond acceptors (Lipinski definition) is 4. The molecule has 2 aromatic rings. The summed E-state index contributed by atoms with van der Waals surface area (Å²) in [4.78, 5) is 15.1. The molecular weight excluding hydrogens is 276 g/mol. The summed E-state index contributed by atoms with van der Waals surface area (Å²) in [5.74, 6) is 0.806. The van der Waals surface area contributed by atoms with Gasteiger partial charge >= 0.3 is 0 Å². The van der Waals surface area contributed by atoms with Crippen molar-refractivity contribution < 1.29 is 9.53 Å². The Balaban J connectivity index is 0.00000102. The van der Waals surface area contributed by atoms with Gasteiger partial charge in [-0.05, 0) is 49.0 Å². The van der Waals surface area contributed by atoms with Gasteiger partial charge in [-0.2, -0.15) is 0 Å². The summed E-state index contributed by atoms with van der Waals surface area (Å²) in [6.07, 6.45) is 2.53. The number of para-hydroxylation sites is 1. The summed E-state index contributed by atoms with van der Waals surface area (Å²) in [6.45, 7) is 4.00. The quantitative estimate of drug-likeness (QED) is 0.689. The Kier molecular flexibility index (Phi) is 10.9. The number of carbonyl (C=O) groups is 1. The fourth-order valence-electron chi connectivity index (χ4n) is 1.54. The first kappa shape index (κ1) is 19.5. The summed E-state index contributed by atoms with van der Waals surface area (Å²) in [5, 5.41) is 0. The number of nitrogens with zero attached hydrogens (tertiary/aromatic N) is 1. The Bertz CT molecular complexity index is 564. The van der Waals surface area contributed by atoms with E-state index < -0.39 is 0 Å². The fraction of sp³-hybridized carbons (Fsp3) is 0.222. The molecule has 0 amide bonds. The smallest absolute Gasteiger partial charge is 0.152 e. The van der Waals surface area contributed by atoms with Gasteiger partial charge in [-0.1, -0.05) is 26.0 Å². The van der Waals surface area contributed by atoms with Gasteiger partial charge in [-0.25, -0.2) is 0 Å². The fourth-order valence-corrected chi connectivity index (χ4v) is 1.54. The Morgan fingerprint density at radius 2 is 1.59 bits per heavy atom. The topological polar surface area (TPSA) is 64.7 Å². The average Bonchev–Trinajstić information content (AvgIpc) is 2.64. The van der Waals surface area contributed by atoms with Crippen molar-refractivity contribution in [3.8, 4) is 5.75 Å². The molecule has 0 aliphatic rings. The van der Waals surface area contributed by atoms with Gasteiger partial charge in [0.15, 0.2) is 6.29 Å². The first-order valence-corrected chi connectivity index (χ1v) is 7.13. The van der Waals surface area contributed by atoms with Crippen molar-refractivity contribution in [2.24, 2.45) is 10.7 Å². The maximum absolute atomic E-state index is 10.8. The summed E-state index contributed by atoms with van der Waals surface area (Å²) in [6, 6.07) is 14.8. The van der Waals surface area contributed by atoms with Gasteiger partial charge < -0.3 is 10.5 Å². The van der Waals surface area contributed by atoms with Gasteiger partial charge in [0.1, 0.15) is 5.75 Å². The van der Waals surface area contributed by atoms with Gasteiger partial charge in [0.25, 0.3) is 0 Å². The SMILES string of the molecule is CC.CN.COc1ccc(C=Nc2ccccc2C=O)cc1. The number of benzene rings is 2. The zero-order valence-electron chi connectivity index (χ0n) is 13.6. The van der Waals surface area contributed by atoms with Crippen LogP contribution in [0.25, 0.3) is 0 Å². The second-order valence-corrected chi connectivity index (χ2v) is 3.71. The molecule has 2 N–H and O–H groups in total. The molecule has 0 atom stereocenters. The zero-order chi connectivity index (χ0) is 16.8. The van der Waals surface area contributed by atoms with Crippen LogP contribution in [0, 0.1) is 0 Å². The van der Waals surface area contributed by atoms with E-state index in [0.717, 1.165) is 17.6 Å². The summed E-state index contributed by atoms with van der Waals surface area (Å²) in [7, 11) is 3.13. The minimum atomic E-state index is 0.585. The highest BCUT2D eigenvalue weighted by Crippen LogP contribution is 2.17. The Hall–Kier alpha value is -2.46. The van der Waals surface area contributed by atoms with Crippen molar-refractivity contribution in [3.05, 3.63) is 59.7 Å². The van der Waals surface area contributed by atoms with E-state index in [0.29, 0.717) is 11.3 Å². The number of hydrogen-bond donors (Lipinski definition) is 1. The molecule has 0 bridgehead atoms. The monoisotopic (exact) mass is 300 g/mol. The van der Waals surface area contributed by atoms with Gasteiger partial charge in [-0.3, -0.25) is 9.79 Å².